The van der Waals surface area contributed by atoms with Crippen LogP contribution in [0.5, 0.6) is 0 Å². The molecule has 0 amide bonds. The van der Waals surface area contributed by atoms with Gasteiger partial charge in [-0.1, -0.05) is 293 Å². The lowest BCUT2D eigenvalue weighted by Crippen LogP contribution is -2.28. The number of esters is 2. The molecule has 1 N–H and O–H groups in total. The van der Waals surface area contributed by atoms with Gasteiger partial charge in [0, 0.05) is 12.8 Å². The number of carbonyl (C=O) groups is 2. The van der Waals surface area contributed by atoms with Crippen molar-refractivity contribution in [2.75, 3.05) is 13.2 Å². The lowest BCUT2D eigenvalue weighted by atomic mass is 10.0. The Morgan fingerprint density at radius 3 is 0.970 bits per heavy atom. The molecule has 0 saturated carbocycles. The first-order chi connectivity index (χ1) is 33.1. The topological polar surface area (TPSA) is 72.8 Å². The number of aliphatic hydroxyl groups is 1. The molecule has 0 heterocycles. The van der Waals surface area contributed by atoms with Crippen LogP contribution in [0.2, 0.25) is 0 Å². The molecule has 0 aromatic heterocycles. The minimum Gasteiger partial charge on any atom is -0.462 e. The highest BCUT2D eigenvalue weighted by Crippen LogP contribution is 2.17. The number of hydrogen-bond acceptors (Lipinski definition) is 5. The van der Waals surface area contributed by atoms with Crippen molar-refractivity contribution in [2.45, 2.75) is 309 Å². The van der Waals surface area contributed by atoms with E-state index in [4.69, 9.17) is 9.47 Å². The third-order valence-corrected chi connectivity index (χ3v) is 13.1. The second-order valence-electron chi connectivity index (χ2n) is 19.7. The molecule has 5 nitrogen and oxygen atoms in total. The van der Waals surface area contributed by atoms with E-state index in [2.05, 4.69) is 74.6 Å². The summed E-state index contributed by atoms with van der Waals surface area (Å²) in [5.41, 5.74) is 0. The molecular weight excluding hydrogens is 825 g/mol. The zero-order chi connectivity index (χ0) is 48.5. The lowest BCUT2D eigenvalue weighted by Gasteiger charge is -2.15. The van der Waals surface area contributed by atoms with Gasteiger partial charge in [-0.3, -0.25) is 9.59 Å². The molecule has 0 bridgehead atoms. The fourth-order valence-electron chi connectivity index (χ4n) is 8.70. The van der Waals surface area contributed by atoms with Gasteiger partial charge in [0.2, 0.25) is 0 Å². The SMILES string of the molecule is CC/C=C\C/C=C\C/C=C\C/C=C\C/C=C\CCCCCCCCCCCCCCCCCC(=O)OC(CO)COC(=O)CCCCCCCCCCCCCCCCCCCCCCCC. The van der Waals surface area contributed by atoms with E-state index in [0.717, 1.165) is 70.6 Å². The summed E-state index contributed by atoms with van der Waals surface area (Å²) in [6.45, 7) is 4.07. The van der Waals surface area contributed by atoms with Gasteiger partial charge in [-0.2, -0.15) is 0 Å². The van der Waals surface area contributed by atoms with Gasteiger partial charge in [-0.15, -0.1) is 0 Å². The summed E-state index contributed by atoms with van der Waals surface area (Å²) in [5.74, 6) is -0.575. The van der Waals surface area contributed by atoms with Gasteiger partial charge in [0.25, 0.3) is 0 Å². The molecule has 0 aliphatic rings. The summed E-state index contributed by atoms with van der Waals surface area (Å²) in [7, 11) is 0. The highest BCUT2D eigenvalue weighted by atomic mass is 16.6. The van der Waals surface area contributed by atoms with E-state index in [9.17, 15) is 14.7 Å². The number of aliphatic hydroxyl groups excluding tert-OH is 1. The predicted octanol–water partition coefficient (Wildman–Crippen LogP) is 19.8. The number of unbranched alkanes of at least 4 members (excludes halogenated alkanes) is 36. The zero-order valence-electron chi connectivity index (χ0n) is 44.7. The summed E-state index contributed by atoms with van der Waals surface area (Å²) in [4.78, 5) is 24.5. The minimum atomic E-state index is -0.772. The van der Waals surface area contributed by atoms with Crippen LogP contribution in [0, 0.1) is 0 Å². The van der Waals surface area contributed by atoms with E-state index >= 15 is 0 Å². The van der Waals surface area contributed by atoms with E-state index < -0.39 is 6.10 Å². The second kappa shape index (κ2) is 57.9. The standard InChI is InChI=1S/C62H112O5/c1-3-5-7-9-11-13-15-17-19-21-23-25-27-28-29-30-31-32-33-34-35-37-39-41-43-45-47-49-51-53-55-57-62(65)67-60(58-63)59-66-61(64)56-54-52-50-48-46-44-42-40-38-36-26-24-22-20-18-16-14-12-10-8-6-4-2/h5,7,11,13,17,19,23,25,28-29,60,63H,3-4,6,8-10,12,14-16,18,20-22,24,26-27,30-59H2,1-2H3/b7-5-,13-11-,19-17-,25-23-,29-28-. The Bertz CT molecular complexity index is 1150. The van der Waals surface area contributed by atoms with Crippen LogP contribution in [0.1, 0.15) is 303 Å². The number of rotatable bonds is 54. The first kappa shape index (κ1) is 64.6. The van der Waals surface area contributed by atoms with Gasteiger partial charge in [0.1, 0.15) is 6.61 Å². The molecule has 0 radical (unpaired) electrons. The fraction of sp³-hybridized carbons (Fsp3) is 0.806. The average molecular weight is 938 g/mol. The van der Waals surface area contributed by atoms with Crippen LogP contribution in [-0.2, 0) is 19.1 Å². The molecule has 0 aliphatic heterocycles. The maximum Gasteiger partial charge on any atom is 0.306 e. The average Bonchev–Trinajstić information content (AvgIpc) is 3.33. The quantitative estimate of drug-likeness (QED) is 0.0374. The third-order valence-electron chi connectivity index (χ3n) is 13.1. The highest BCUT2D eigenvalue weighted by Gasteiger charge is 2.16. The van der Waals surface area contributed by atoms with Gasteiger partial charge in [-0.05, 0) is 57.8 Å². The van der Waals surface area contributed by atoms with Gasteiger partial charge in [0.15, 0.2) is 6.10 Å². The fourth-order valence-corrected chi connectivity index (χ4v) is 8.70. The van der Waals surface area contributed by atoms with Crippen molar-refractivity contribution >= 4 is 11.9 Å². The summed E-state index contributed by atoms with van der Waals surface area (Å²) in [5, 5.41) is 9.66. The molecule has 5 heteroatoms. The molecule has 0 aromatic rings. The molecule has 0 spiro atoms. The predicted molar refractivity (Wildman–Crippen MR) is 293 cm³/mol. The van der Waals surface area contributed by atoms with Gasteiger partial charge in [-0.25, -0.2) is 0 Å². The molecule has 0 fully saturated rings. The van der Waals surface area contributed by atoms with E-state index in [1.165, 1.54) is 205 Å². The summed E-state index contributed by atoms with van der Waals surface area (Å²) in [6.07, 6.45) is 77.7. The van der Waals surface area contributed by atoms with Crippen molar-refractivity contribution in [3.05, 3.63) is 60.8 Å². The van der Waals surface area contributed by atoms with Crippen molar-refractivity contribution in [3.63, 3.8) is 0 Å². The molecule has 390 valence electrons. The number of ether oxygens (including phenoxy) is 2. The molecule has 0 rings (SSSR count). The zero-order valence-corrected chi connectivity index (χ0v) is 44.7. The normalized spacial score (nSPS) is 12.6. The second-order valence-corrected chi connectivity index (χ2v) is 19.7. The molecular formula is C62H112O5. The number of allylic oxidation sites excluding steroid dienone is 10. The van der Waals surface area contributed by atoms with E-state index in [0.29, 0.717) is 12.8 Å². The Kier molecular flexibility index (Phi) is 55.8. The first-order valence-corrected chi connectivity index (χ1v) is 29.3. The molecule has 67 heavy (non-hydrogen) atoms. The van der Waals surface area contributed by atoms with Crippen molar-refractivity contribution in [2.24, 2.45) is 0 Å². The van der Waals surface area contributed by atoms with Crippen LogP contribution in [0.4, 0.5) is 0 Å². The van der Waals surface area contributed by atoms with Crippen LogP contribution < -0.4 is 0 Å². The lowest BCUT2D eigenvalue weighted by molar-refractivity contribution is -0.161. The van der Waals surface area contributed by atoms with E-state index in [1.807, 2.05) is 0 Å². The van der Waals surface area contributed by atoms with Gasteiger partial charge >= 0.3 is 11.9 Å². The van der Waals surface area contributed by atoms with Gasteiger partial charge in [0.05, 0.1) is 6.61 Å². The monoisotopic (exact) mass is 937 g/mol. The van der Waals surface area contributed by atoms with Crippen LogP contribution in [0.3, 0.4) is 0 Å². The maximum atomic E-state index is 12.3. The summed E-state index contributed by atoms with van der Waals surface area (Å²) < 4.78 is 10.7. The van der Waals surface area contributed by atoms with Crippen molar-refractivity contribution in [1.82, 2.24) is 0 Å². The van der Waals surface area contributed by atoms with Crippen molar-refractivity contribution in [1.29, 1.82) is 0 Å². The van der Waals surface area contributed by atoms with Crippen LogP contribution >= 0.6 is 0 Å². The largest absolute Gasteiger partial charge is 0.462 e. The molecule has 0 aliphatic carbocycles. The number of hydrogen-bond donors (Lipinski definition) is 1. The number of carbonyl (C=O) groups excluding carboxylic acids is 2. The molecule has 1 unspecified atom stereocenters. The van der Waals surface area contributed by atoms with E-state index in [-0.39, 0.29) is 25.2 Å². The molecule has 1 atom stereocenters. The van der Waals surface area contributed by atoms with Crippen LogP contribution in [-0.4, -0.2) is 36.4 Å². The maximum absolute atomic E-state index is 12.3. The third kappa shape index (κ3) is 56.1. The Balaban J connectivity index is 3.45. The minimum absolute atomic E-state index is 0.0621. The van der Waals surface area contributed by atoms with Gasteiger partial charge < -0.3 is 14.6 Å². The summed E-state index contributed by atoms with van der Waals surface area (Å²) in [6, 6.07) is 0. The smallest absolute Gasteiger partial charge is 0.306 e. The van der Waals surface area contributed by atoms with Crippen molar-refractivity contribution in [3.8, 4) is 0 Å². The molecule has 0 saturated heterocycles. The summed E-state index contributed by atoms with van der Waals surface area (Å²) >= 11 is 0. The van der Waals surface area contributed by atoms with Crippen LogP contribution in [0.25, 0.3) is 0 Å². The Morgan fingerprint density at radius 1 is 0.358 bits per heavy atom. The van der Waals surface area contributed by atoms with Crippen molar-refractivity contribution < 1.29 is 24.2 Å². The Hall–Kier alpha value is -2.40. The van der Waals surface area contributed by atoms with E-state index in [1.54, 1.807) is 0 Å². The first-order valence-electron chi connectivity index (χ1n) is 29.3. The van der Waals surface area contributed by atoms with Crippen LogP contribution in [0.15, 0.2) is 60.8 Å². The molecule has 0 aromatic carbocycles. The highest BCUT2D eigenvalue weighted by molar-refractivity contribution is 5.70. The Morgan fingerprint density at radius 2 is 0.642 bits per heavy atom. The Labute approximate surface area is 417 Å².